The monoisotopic (exact) mass is 429 g/mol. The minimum Gasteiger partial charge on any atom is -0.389 e. The number of rotatable bonds is 3. The van der Waals surface area contributed by atoms with Gasteiger partial charge in [-0.15, -0.1) is 0 Å². The van der Waals surface area contributed by atoms with E-state index in [2.05, 4.69) is 10.0 Å². The van der Waals surface area contributed by atoms with Crippen LogP contribution in [0.15, 0.2) is 29.3 Å². The number of aliphatic hydroxyl groups is 1. The van der Waals surface area contributed by atoms with Crippen LogP contribution >= 0.6 is 11.6 Å². The van der Waals surface area contributed by atoms with Gasteiger partial charge in [-0.1, -0.05) is 11.6 Å². The first-order chi connectivity index (χ1) is 12.9. The molecular weight excluding hydrogens is 409 g/mol. The Kier molecular flexibility index (Phi) is 5.30. The number of benzene rings is 1. The van der Waals surface area contributed by atoms with E-state index in [9.17, 15) is 22.7 Å². The van der Waals surface area contributed by atoms with Crippen LogP contribution in [0.5, 0.6) is 0 Å². The molecule has 2 heterocycles. The summed E-state index contributed by atoms with van der Waals surface area (Å²) >= 11 is 5.74. The van der Waals surface area contributed by atoms with Crippen molar-refractivity contribution >= 4 is 33.2 Å². The molecule has 0 aliphatic carbocycles. The summed E-state index contributed by atoms with van der Waals surface area (Å²) in [5, 5.41) is 12.7. The zero-order valence-electron chi connectivity index (χ0n) is 15.6. The molecule has 1 aromatic heterocycles. The van der Waals surface area contributed by atoms with Crippen LogP contribution in [-0.2, 0) is 23.5 Å². The maximum atomic E-state index is 13.3. The van der Waals surface area contributed by atoms with Gasteiger partial charge in [0.05, 0.1) is 16.7 Å². The fourth-order valence-electron chi connectivity index (χ4n) is 3.28. The average Bonchev–Trinajstić information content (AvgIpc) is 2.84. The van der Waals surface area contributed by atoms with Gasteiger partial charge >= 0.3 is 0 Å². The van der Waals surface area contributed by atoms with Crippen LogP contribution in [0.4, 0.5) is 10.1 Å². The molecule has 0 unspecified atom stereocenters. The third-order valence-corrected chi connectivity index (χ3v) is 6.58. The Morgan fingerprint density at radius 3 is 2.71 bits per heavy atom. The Balaban J connectivity index is 1.98. The summed E-state index contributed by atoms with van der Waals surface area (Å²) < 4.78 is 42.8. The maximum Gasteiger partial charge on any atom is 0.272 e. The summed E-state index contributed by atoms with van der Waals surface area (Å²) in [5.41, 5.74) is -0.425. The van der Waals surface area contributed by atoms with E-state index in [1.54, 1.807) is 7.05 Å². The van der Waals surface area contributed by atoms with E-state index in [4.69, 9.17) is 11.6 Å². The van der Waals surface area contributed by atoms with Gasteiger partial charge in [-0.3, -0.25) is 4.79 Å². The molecule has 0 radical (unpaired) electrons. The number of aromatic nitrogens is 1. The number of aryl methyl sites for hydroxylation is 1. The number of carbonyl (C=O) groups excluding carboxylic acids is 1. The highest BCUT2D eigenvalue weighted by atomic mass is 35.5. The molecule has 0 saturated carbocycles. The molecule has 28 heavy (non-hydrogen) atoms. The van der Waals surface area contributed by atoms with Crippen molar-refractivity contribution < 1.29 is 22.7 Å². The Bertz CT molecular complexity index is 1040. The number of anilines is 1. The standard InChI is InChI=1S/C18H21ClFN3O4S/c1-18(2,25)15-7-5-11-14(28(26,27)22-15)9-23(3)16(11)17(24)21-10-4-6-13(20)12(19)8-10/h4,6,8-9,15,22,25H,5,7H2,1-3H3,(H,21,24)/t15-/m1/s1. The molecule has 1 atom stereocenters. The van der Waals surface area contributed by atoms with Crippen molar-refractivity contribution in [3.8, 4) is 0 Å². The molecule has 1 amide bonds. The number of hydrogen-bond donors (Lipinski definition) is 3. The van der Waals surface area contributed by atoms with Crippen LogP contribution in [0.3, 0.4) is 0 Å². The molecule has 1 aromatic carbocycles. The summed E-state index contributed by atoms with van der Waals surface area (Å²) in [5.74, 6) is -1.15. The van der Waals surface area contributed by atoms with E-state index in [1.807, 2.05) is 0 Å². The molecule has 1 aliphatic rings. The number of amides is 1. The van der Waals surface area contributed by atoms with Crippen LogP contribution in [0, 0.1) is 5.82 Å². The van der Waals surface area contributed by atoms with E-state index in [1.165, 1.54) is 36.7 Å². The van der Waals surface area contributed by atoms with E-state index >= 15 is 0 Å². The number of hydrogen-bond acceptors (Lipinski definition) is 4. The van der Waals surface area contributed by atoms with Crippen LogP contribution in [-0.4, -0.2) is 35.6 Å². The van der Waals surface area contributed by atoms with Crippen molar-refractivity contribution in [2.45, 2.75) is 43.2 Å². The van der Waals surface area contributed by atoms with Crippen LogP contribution in [0.25, 0.3) is 0 Å². The minimum atomic E-state index is -3.91. The zero-order chi connectivity index (χ0) is 20.9. The number of carbonyl (C=O) groups is 1. The Hall–Kier alpha value is -1.94. The molecule has 152 valence electrons. The first-order valence-electron chi connectivity index (χ1n) is 8.59. The van der Waals surface area contributed by atoms with Crippen molar-refractivity contribution in [3.63, 3.8) is 0 Å². The molecule has 0 saturated heterocycles. The lowest BCUT2D eigenvalue weighted by molar-refractivity contribution is 0.0434. The third-order valence-electron chi connectivity index (χ3n) is 4.76. The van der Waals surface area contributed by atoms with Gasteiger partial charge in [0, 0.05) is 24.5 Å². The topological polar surface area (TPSA) is 100 Å². The van der Waals surface area contributed by atoms with Crippen molar-refractivity contribution in [2.24, 2.45) is 7.05 Å². The fraction of sp³-hybridized carbons (Fsp3) is 0.389. The van der Waals surface area contributed by atoms with E-state index in [0.717, 1.165) is 6.07 Å². The second-order valence-corrected chi connectivity index (χ2v) is 9.47. The first kappa shape index (κ1) is 20.8. The normalized spacial score (nSPS) is 19.0. The lowest BCUT2D eigenvalue weighted by Crippen LogP contribution is -2.48. The van der Waals surface area contributed by atoms with Gasteiger partial charge in [-0.05, 0) is 44.9 Å². The Morgan fingerprint density at radius 2 is 2.11 bits per heavy atom. The smallest absolute Gasteiger partial charge is 0.272 e. The summed E-state index contributed by atoms with van der Waals surface area (Å²) in [4.78, 5) is 12.8. The highest BCUT2D eigenvalue weighted by molar-refractivity contribution is 7.89. The average molecular weight is 430 g/mol. The summed E-state index contributed by atoms with van der Waals surface area (Å²) in [7, 11) is -2.34. The SMILES string of the molecule is Cn1cc2c(c1C(=O)Nc1ccc(F)c(Cl)c1)CC[C@H](C(C)(C)O)NS2(=O)=O. The number of nitrogens with zero attached hydrogens (tertiary/aromatic N) is 1. The summed E-state index contributed by atoms with van der Waals surface area (Å²) in [6, 6.07) is 3.08. The molecule has 3 N–H and O–H groups in total. The lowest BCUT2D eigenvalue weighted by Gasteiger charge is -2.28. The zero-order valence-corrected chi connectivity index (χ0v) is 17.2. The van der Waals surface area contributed by atoms with Crippen molar-refractivity contribution in [2.75, 3.05) is 5.32 Å². The van der Waals surface area contributed by atoms with Crippen molar-refractivity contribution in [3.05, 3.63) is 46.5 Å². The minimum absolute atomic E-state index is 0.00374. The Labute approximate surface area is 167 Å². The van der Waals surface area contributed by atoms with Gasteiger partial charge in [0.25, 0.3) is 5.91 Å². The quantitative estimate of drug-likeness (QED) is 0.697. The molecule has 1 aliphatic heterocycles. The number of nitrogens with one attached hydrogen (secondary N) is 2. The highest BCUT2D eigenvalue weighted by Gasteiger charge is 2.37. The molecule has 10 heteroatoms. The van der Waals surface area contributed by atoms with Crippen molar-refractivity contribution in [1.29, 1.82) is 0 Å². The van der Waals surface area contributed by atoms with Gasteiger partial charge in [0.2, 0.25) is 10.0 Å². The number of fused-ring (bicyclic) bond motifs is 1. The third kappa shape index (κ3) is 3.93. The number of sulfonamides is 1. The second-order valence-electron chi connectivity index (χ2n) is 7.38. The number of halogens is 2. The fourth-order valence-corrected chi connectivity index (χ4v) is 5.19. The van der Waals surface area contributed by atoms with E-state index < -0.39 is 33.4 Å². The predicted octanol–water partition coefficient (Wildman–Crippen LogP) is 2.43. The molecule has 2 aromatic rings. The summed E-state index contributed by atoms with van der Waals surface area (Å²) in [6.07, 6.45) is 1.98. The largest absolute Gasteiger partial charge is 0.389 e. The molecule has 3 rings (SSSR count). The van der Waals surface area contributed by atoms with E-state index in [0.29, 0.717) is 12.0 Å². The van der Waals surface area contributed by atoms with Crippen LogP contribution in [0.2, 0.25) is 5.02 Å². The van der Waals surface area contributed by atoms with E-state index in [-0.39, 0.29) is 27.7 Å². The predicted molar refractivity (Wildman–Crippen MR) is 104 cm³/mol. The Morgan fingerprint density at radius 1 is 1.43 bits per heavy atom. The first-order valence-corrected chi connectivity index (χ1v) is 10.5. The molecule has 0 fully saturated rings. The van der Waals surface area contributed by atoms with Gasteiger partial charge in [-0.25, -0.2) is 17.5 Å². The molecule has 0 bridgehead atoms. The molecule has 7 nitrogen and oxygen atoms in total. The van der Waals surface area contributed by atoms with Crippen molar-refractivity contribution in [1.82, 2.24) is 9.29 Å². The lowest BCUT2D eigenvalue weighted by atomic mass is 9.93. The van der Waals surface area contributed by atoms with Crippen LogP contribution < -0.4 is 10.0 Å². The van der Waals surface area contributed by atoms with Gasteiger partial charge < -0.3 is 15.0 Å². The highest BCUT2D eigenvalue weighted by Crippen LogP contribution is 2.30. The summed E-state index contributed by atoms with van der Waals surface area (Å²) in [6.45, 7) is 3.06. The second kappa shape index (κ2) is 7.14. The van der Waals surface area contributed by atoms with Gasteiger partial charge in [-0.2, -0.15) is 0 Å². The molecular formula is C18H21ClFN3O4S. The van der Waals surface area contributed by atoms with Crippen LogP contribution in [0.1, 0.15) is 36.3 Å². The maximum absolute atomic E-state index is 13.3. The van der Waals surface area contributed by atoms with Gasteiger partial charge in [0.1, 0.15) is 16.4 Å². The molecule has 0 spiro atoms. The van der Waals surface area contributed by atoms with Gasteiger partial charge in [0.15, 0.2) is 0 Å².